The molecular weight excluding hydrogens is 853 g/mol. The molecule has 0 aliphatic heterocycles. The maximum Gasteiger partial charge on any atom is 0.407 e. The van der Waals surface area contributed by atoms with E-state index in [1.807, 2.05) is 32.0 Å². The third-order valence-electron chi connectivity index (χ3n) is 9.47. The lowest BCUT2D eigenvalue weighted by molar-refractivity contribution is -0.139. The first kappa shape index (κ1) is 56.4. The lowest BCUT2D eigenvalue weighted by Crippen LogP contribution is -2.49. The number of carbonyl (C=O) groups excluding carboxylic acids is 6. The van der Waals surface area contributed by atoms with E-state index in [0.29, 0.717) is 55.6 Å². The van der Waals surface area contributed by atoms with Gasteiger partial charge in [0.25, 0.3) is 0 Å². The lowest BCUT2D eigenvalue weighted by atomic mass is 10.2. The van der Waals surface area contributed by atoms with Gasteiger partial charge in [-0.15, -0.1) is 0 Å². The Morgan fingerprint density at radius 2 is 1.13 bits per heavy atom. The SMILES string of the molecule is CCC(=O)N(CCSCc1ccccc1)CCN(CCN(CCN(CCNC(=O)C(C)CSCCC(=O)O)C(=O)CC)C(=O)C(C)CSCCNC(=O)OC(C)(C)C)C(=O)CC. The standard InChI is InChI=1S/C44H74N6O9S3/c1-9-37(51)47(20-18-45-41(56)34(4)31-60-28-17-40(54)55)23-25-50(42(57)35(5)32-61-29-19-46-43(58)59-44(6,7)8)26-24-48(38(52)10-2)21-22-49(39(53)11-3)27-30-62-33-36-15-13-12-14-16-36/h12-16,34-35H,9-11,17-33H2,1-8H3,(H,45,56)(H,46,58)(H,54,55). The van der Waals surface area contributed by atoms with Crippen LogP contribution in [0.5, 0.6) is 0 Å². The van der Waals surface area contributed by atoms with Crippen molar-refractivity contribution in [3.05, 3.63) is 35.9 Å². The molecule has 1 aromatic rings. The summed E-state index contributed by atoms with van der Waals surface area (Å²) < 4.78 is 5.30. The Labute approximate surface area is 383 Å². The van der Waals surface area contributed by atoms with Crippen LogP contribution in [0.25, 0.3) is 0 Å². The molecule has 0 bridgehead atoms. The highest BCUT2D eigenvalue weighted by atomic mass is 32.2. The van der Waals surface area contributed by atoms with Crippen LogP contribution in [-0.2, 0) is 39.3 Å². The third-order valence-corrected chi connectivity index (χ3v) is 12.9. The van der Waals surface area contributed by atoms with Crippen LogP contribution in [0.4, 0.5) is 4.79 Å². The van der Waals surface area contributed by atoms with Crippen molar-refractivity contribution in [1.82, 2.24) is 30.2 Å². The maximum absolute atomic E-state index is 14.1. The van der Waals surface area contributed by atoms with Crippen molar-refractivity contribution in [2.45, 2.75) is 92.4 Å². The van der Waals surface area contributed by atoms with Crippen LogP contribution >= 0.6 is 35.3 Å². The molecule has 0 heterocycles. The molecule has 15 nitrogen and oxygen atoms in total. The fraction of sp³-hybridized carbons (Fsp3) is 0.705. The molecule has 1 aromatic carbocycles. The smallest absolute Gasteiger partial charge is 0.407 e. The van der Waals surface area contributed by atoms with Gasteiger partial charge in [0.2, 0.25) is 29.5 Å². The zero-order chi connectivity index (χ0) is 46.5. The minimum atomic E-state index is -0.882. The van der Waals surface area contributed by atoms with E-state index in [9.17, 15) is 33.6 Å². The van der Waals surface area contributed by atoms with Crippen molar-refractivity contribution >= 4 is 76.9 Å². The second-order valence-corrected chi connectivity index (χ2v) is 19.3. The van der Waals surface area contributed by atoms with E-state index >= 15 is 0 Å². The summed E-state index contributed by atoms with van der Waals surface area (Å²) >= 11 is 4.68. The molecule has 18 heteroatoms. The zero-order valence-electron chi connectivity index (χ0n) is 38.4. The van der Waals surface area contributed by atoms with E-state index in [4.69, 9.17) is 9.84 Å². The molecule has 2 atom stereocenters. The Kier molecular flexibility index (Phi) is 29.2. The molecule has 62 heavy (non-hydrogen) atoms. The summed E-state index contributed by atoms with van der Waals surface area (Å²) in [5.41, 5.74) is 0.607. The van der Waals surface area contributed by atoms with Gasteiger partial charge < -0.3 is 40.1 Å². The first-order valence-corrected chi connectivity index (χ1v) is 25.2. The minimum Gasteiger partial charge on any atom is -0.481 e. The number of ether oxygens (including phenoxy) is 1. The minimum absolute atomic E-state index is 0.0135. The Bertz CT molecular complexity index is 1520. The van der Waals surface area contributed by atoms with E-state index in [2.05, 4.69) is 22.8 Å². The van der Waals surface area contributed by atoms with Gasteiger partial charge in [-0.25, -0.2) is 4.79 Å². The number of hydrogen-bond acceptors (Lipinski definition) is 11. The van der Waals surface area contributed by atoms with Crippen molar-refractivity contribution < 1.29 is 43.4 Å². The number of alkyl carbamates (subject to hydrolysis) is 1. The molecule has 0 saturated heterocycles. The largest absolute Gasteiger partial charge is 0.481 e. The van der Waals surface area contributed by atoms with Crippen molar-refractivity contribution in [2.75, 3.05) is 94.2 Å². The van der Waals surface area contributed by atoms with E-state index < -0.39 is 23.6 Å². The van der Waals surface area contributed by atoms with E-state index in [1.54, 1.807) is 72.9 Å². The van der Waals surface area contributed by atoms with Crippen molar-refractivity contribution in [3.63, 3.8) is 0 Å². The van der Waals surface area contributed by atoms with Crippen molar-refractivity contribution in [3.8, 4) is 0 Å². The number of amides is 6. The molecule has 0 radical (unpaired) electrons. The first-order valence-electron chi connectivity index (χ1n) is 21.8. The summed E-state index contributed by atoms with van der Waals surface area (Å²) in [6.07, 6.45) is 0.370. The monoisotopic (exact) mass is 926 g/mol. The van der Waals surface area contributed by atoms with Crippen LogP contribution in [0.2, 0.25) is 0 Å². The maximum atomic E-state index is 14.1. The number of rotatable bonds is 32. The van der Waals surface area contributed by atoms with Gasteiger partial charge in [0, 0.05) is 131 Å². The van der Waals surface area contributed by atoms with Gasteiger partial charge in [-0.1, -0.05) is 65.0 Å². The number of thioether (sulfide) groups is 3. The van der Waals surface area contributed by atoms with Gasteiger partial charge >= 0.3 is 12.1 Å². The van der Waals surface area contributed by atoms with Gasteiger partial charge in [-0.2, -0.15) is 35.3 Å². The van der Waals surface area contributed by atoms with Crippen LogP contribution in [0.1, 0.15) is 86.6 Å². The van der Waals surface area contributed by atoms with Crippen molar-refractivity contribution in [1.29, 1.82) is 0 Å². The van der Waals surface area contributed by atoms with Crippen LogP contribution in [0.3, 0.4) is 0 Å². The number of aliphatic carboxylic acids is 1. The van der Waals surface area contributed by atoms with Crippen LogP contribution in [0.15, 0.2) is 30.3 Å². The molecule has 0 aliphatic rings. The number of benzene rings is 1. The predicted octanol–water partition coefficient (Wildman–Crippen LogP) is 5.32. The fourth-order valence-electron chi connectivity index (χ4n) is 5.92. The van der Waals surface area contributed by atoms with E-state index in [0.717, 1.165) is 11.5 Å². The predicted molar refractivity (Wildman–Crippen MR) is 252 cm³/mol. The fourth-order valence-corrected chi connectivity index (χ4v) is 8.74. The first-order chi connectivity index (χ1) is 29.4. The highest BCUT2D eigenvalue weighted by Crippen LogP contribution is 2.15. The quantitative estimate of drug-likeness (QED) is 0.0792. The normalized spacial score (nSPS) is 12.1. The summed E-state index contributed by atoms with van der Waals surface area (Å²) in [6.45, 7) is 17.3. The van der Waals surface area contributed by atoms with E-state index in [-0.39, 0.29) is 94.0 Å². The van der Waals surface area contributed by atoms with Crippen molar-refractivity contribution in [2.24, 2.45) is 11.8 Å². The van der Waals surface area contributed by atoms with Gasteiger partial charge in [-0.05, 0) is 26.3 Å². The summed E-state index contributed by atoms with van der Waals surface area (Å²) in [5.74, 6) is 1.37. The number of nitrogens with zero attached hydrogens (tertiary/aromatic N) is 4. The van der Waals surface area contributed by atoms with Crippen LogP contribution in [-0.4, -0.2) is 166 Å². The average molecular weight is 927 g/mol. The van der Waals surface area contributed by atoms with Crippen LogP contribution < -0.4 is 10.6 Å². The summed E-state index contributed by atoms with van der Waals surface area (Å²) in [7, 11) is 0. The Morgan fingerprint density at radius 3 is 1.66 bits per heavy atom. The summed E-state index contributed by atoms with van der Waals surface area (Å²) in [6, 6.07) is 10.2. The number of carboxylic acids is 1. The second kappa shape index (κ2) is 32.1. The number of hydrogen-bond donors (Lipinski definition) is 3. The highest BCUT2D eigenvalue weighted by Gasteiger charge is 2.25. The highest BCUT2D eigenvalue weighted by molar-refractivity contribution is 7.99. The summed E-state index contributed by atoms with van der Waals surface area (Å²) in [4.78, 5) is 96.0. The molecular formula is C44H74N6O9S3. The second-order valence-electron chi connectivity index (χ2n) is 15.9. The number of carboxylic acid groups (broad SMARTS) is 1. The Balaban J connectivity index is 3.05. The van der Waals surface area contributed by atoms with Gasteiger partial charge in [-0.3, -0.25) is 28.8 Å². The van der Waals surface area contributed by atoms with E-state index in [1.165, 1.54) is 29.1 Å². The molecule has 0 spiro atoms. The topological polar surface area (TPSA) is 186 Å². The molecule has 3 N–H and O–H groups in total. The van der Waals surface area contributed by atoms with Crippen LogP contribution in [0, 0.1) is 11.8 Å². The number of carbonyl (C=O) groups is 7. The lowest BCUT2D eigenvalue weighted by Gasteiger charge is -2.33. The molecule has 6 amide bonds. The number of nitrogens with one attached hydrogen (secondary N) is 2. The molecule has 0 aliphatic carbocycles. The zero-order valence-corrected chi connectivity index (χ0v) is 40.9. The molecule has 0 fully saturated rings. The van der Waals surface area contributed by atoms with Gasteiger partial charge in [0.1, 0.15) is 5.60 Å². The molecule has 0 saturated carbocycles. The van der Waals surface area contributed by atoms with Gasteiger partial charge in [0.15, 0.2) is 0 Å². The van der Waals surface area contributed by atoms with Gasteiger partial charge in [0.05, 0.1) is 6.42 Å². The third kappa shape index (κ3) is 25.5. The molecule has 1 rings (SSSR count). The summed E-state index contributed by atoms with van der Waals surface area (Å²) in [5, 5.41) is 14.5. The Hall–Kier alpha value is -3.64. The Morgan fingerprint density at radius 1 is 0.629 bits per heavy atom. The average Bonchev–Trinajstić information content (AvgIpc) is 3.24. The molecule has 0 aromatic heterocycles. The molecule has 2 unspecified atom stereocenters. The molecule has 352 valence electrons.